The average Bonchev–Trinajstić information content (AvgIpc) is 3.28. The lowest BCUT2D eigenvalue weighted by Gasteiger charge is -2.05. The van der Waals surface area contributed by atoms with E-state index in [1.807, 2.05) is 35.0 Å². The number of aromatic nitrogens is 3. The highest BCUT2D eigenvalue weighted by atomic mass is 32.1. The maximum Gasteiger partial charge on any atom is 0.230 e. The summed E-state index contributed by atoms with van der Waals surface area (Å²) in [5.74, 6) is -0.0886. The number of benzene rings is 1. The number of hydrogen-bond acceptors (Lipinski definition) is 5. The summed E-state index contributed by atoms with van der Waals surface area (Å²) in [6.07, 6.45) is 1.99. The van der Waals surface area contributed by atoms with Gasteiger partial charge in [0.15, 0.2) is 0 Å². The number of hydrogen-bond donors (Lipinski definition) is 2. The molecule has 4 rings (SSSR count). The molecule has 0 saturated carbocycles. The third-order valence-corrected chi connectivity index (χ3v) is 5.04. The van der Waals surface area contributed by atoms with E-state index >= 15 is 0 Å². The fourth-order valence-corrected chi connectivity index (χ4v) is 3.87. The molecule has 0 radical (unpaired) electrons. The normalized spacial score (nSPS) is 11.0. The number of rotatable bonds is 4. The molecule has 5 nitrogen and oxygen atoms in total. The quantitative estimate of drug-likeness (QED) is 0.591. The molecule has 0 fully saturated rings. The van der Waals surface area contributed by atoms with Crippen LogP contribution in [0.3, 0.4) is 0 Å². The zero-order chi connectivity index (χ0) is 15.6. The number of nitrogens with zero attached hydrogens (tertiary/aromatic N) is 2. The second kappa shape index (κ2) is 5.94. The molecule has 0 unspecified atom stereocenters. The number of thiophene rings is 1. The summed E-state index contributed by atoms with van der Waals surface area (Å²) in [6.45, 7) is 0. The van der Waals surface area contributed by atoms with Crippen LogP contribution >= 0.6 is 22.7 Å². The van der Waals surface area contributed by atoms with Gasteiger partial charge in [0.05, 0.1) is 29.5 Å². The molecule has 3 heterocycles. The van der Waals surface area contributed by atoms with Gasteiger partial charge in [-0.2, -0.15) is 16.4 Å². The van der Waals surface area contributed by atoms with E-state index in [1.165, 1.54) is 0 Å². The second-order valence-electron chi connectivity index (χ2n) is 5.02. The minimum atomic E-state index is -0.0886. The third kappa shape index (κ3) is 2.88. The van der Waals surface area contributed by atoms with Crippen LogP contribution in [0.1, 0.15) is 5.69 Å². The summed E-state index contributed by atoms with van der Waals surface area (Å²) < 4.78 is 0. The maximum atomic E-state index is 12.3. The molecular formula is C16H12N4OS2. The molecule has 0 aliphatic carbocycles. The van der Waals surface area contributed by atoms with Gasteiger partial charge in [-0.1, -0.05) is 12.1 Å². The van der Waals surface area contributed by atoms with E-state index in [0.29, 0.717) is 0 Å². The minimum absolute atomic E-state index is 0.0886. The van der Waals surface area contributed by atoms with Gasteiger partial charge in [0.2, 0.25) is 5.91 Å². The predicted octanol–water partition coefficient (Wildman–Crippen LogP) is 3.93. The van der Waals surface area contributed by atoms with Crippen LogP contribution in [0.4, 0.5) is 5.69 Å². The highest BCUT2D eigenvalue weighted by molar-refractivity contribution is 7.14. The second-order valence-corrected chi connectivity index (χ2v) is 6.66. The van der Waals surface area contributed by atoms with E-state index in [0.717, 1.165) is 32.9 Å². The summed E-state index contributed by atoms with van der Waals surface area (Å²) in [7, 11) is 0. The molecule has 1 aromatic carbocycles. The van der Waals surface area contributed by atoms with Crippen molar-refractivity contribution in [1.29, 1.82) is 0 Å². The Labute approximate surface area is 140 Å². The van der Waals surface area contributed by atoms with Crippen molar-refractivity contribution in [2.24, 2.45) is 0 Å². The summed E-state index contributed by atoms with van der Waals surface area (Å²) >= 11 is 3.20. The van der Waals surface area contributed by atoms with Gasteiger partial charge < -0.3 is 5.32 Å². The highest BCUT2D eigenvalue weighted by Gasteiger charge is 2.11. The van der Waals surface area contributed by atoms with Gasteiger partial charge in [-0.3, -0.25) is 9.89 Å². The van der Waals surface area contributed by atoms with E-state index in [1.54, 1.807) is 28.9 Å². The molecule has 23 heavy (non-hydrogen) atoms. The van der Waals surface area contributed by atoms with Crippen molar-refractivity contribution >= 4 is 45.2 Å². The van der Waals surface area contributed by atoms with E-state index < -0.39 is 0 Å². The van der Waals surface area contributed by atoms with Crippen molar-refractivity contribution in [3.63, 3.8) is 0 Å². The molecule has 0 aliphatic rings. The minimum Gasteiger partial charge on any atom is -0.324 e. The van der Waals surface area contributed by atoms with Gasteiger partial charge in [0, 0.05) is 21.7 Å². The number of carbonyl (C=O) groups is 1. The van der Waals surface area contributed by atoms with Crippen molar-refractivity contribution in [3.8, 4) is 10.6 Å². The SMILES string of the molecule is O=C(Cc1csc(-c2ccsc2)n1)Nc1cccc2cn[nH]c12. The number of anilines is 1. The number of para-hydroxylation sites is 1. The zero-order valence-electron chi connectivity index (χ0n) is 11.9. The summed E-state index contributed by atoms with van der Waals surface area (Å²) in [4.78, 5) is 16.8. The van der Waals surface area contributed by atoms with E-state index in [-0.39, 0.29) is 12.3 Å². The zero-order valence-corrected chi connectivity index (χ0v) is 13.6. The molecular weight excluding hydrogens is 328 g/mol. The largest absolute Gasteiger partial charge is 0.324 e. The number of nitrogens with one attached hydrogen (secondary N) is 2. The van der Waals surface area contributed by atoms with Gasteiger partial charge >= 0.3 is 0 Å². The molecule has 0 bridgehead atoms. The van der Waals surface area contributed by atoms with E-state index in [2.05, 4.69) is 25.9 Å². The maximum absolute atomic E-state index is 12.3. The molecule has 0 spiro atoms. The Hall–Kier alpha value is -2.51. The first-order chi connectivity index (χ1) is 11.3. The van der Waals surface area contributed by atoms with Gasteiger partial charge in [0.25, 0.3) is 0 Å². The molecule has 114 valence electrons. The van der Waals surface area contributed by atoms with Gasteiger partial charge in [0.1, 0.15) is 5.01 Å². The van der Waals surface area contributed by atoms with Crippen molar-refractivity contribution in [2.45, 2.75) is 6.42 Å². The number of aromatic amines is 1. The van der Waals surface area contributed by atoms with Crippen LogP contribution in [0.25, 0.3) is 21.5 Å². The average molecular weight is 340 g/mol. The molecule has 0 atom stereocenters. The molecule has 1 amide bonds. The van der Waals surface area contributed by atoms with Crippen LogP contribution in [0, 0.1) is 0 Å². The lowest BCUT2D eigenvalue weighted by atomic mass is 10.2. The highest BCUT2D eigenvalue weighted by Crippen LogP contribution is 2.26. The number of H-pyrrole nitrogens is 1. The Balaban J connectivity index is 1.49. The Morgan fingerprint density at radius 1 is 1.26 bits per heavy atom. The number of thiazole rings is 1. The fraction of sp³-hybridized carbons (Fsp3) is 0.0625. The van der Waals surface area contributed by atoms with Gasteiger partial charge in [-0.15, -0.1) is 11.3 Å². The Morgan fingerprint density at radius 2 is 2.22 bits per heavy atom. The number of carbonyl (C=O) groups excluding carboxylic acids is 1. The van der Waals surface area contributed by atoms with E-state index in [9.17, 15) is 4.79 Å². The summed E-state index contributed by atoms with van der Waals surface area (Å²) in [5.41, 5.74) is 3.45. The topological polar surface area (TPSA) is 70.7 Å². The Kier molecular flexibility index (Phi) is 3.64. The smallest absolute Gasteiger partial charge is 0.230 e. The standard InChI is InChI=1S/C16H12N4OS2/c21-14(19-13-3-1-2-10-7-17-20-15(10)13)6-12-9-23-16(18-12)11-4-5-22-8-11/h1-5,7-9H,6H2,(H,17,20)(H,19,21). The number of fused-ring (bicyclic) bond motifs is 1. The van der Waals surface area contributed by atoms with Gasteiger partial charge in [-0.05, 0) is 17.5 Å². The fourth-order valence-electron chi connectivity index (χ4n) is 2.34. The van der Waals surface area contributed by atoms with Crippen LogP contribution < -0.4 is 5.32 Å². The molecule has 3 aromatic heterocycles. The van der Waals surface area contributed by atoms with Crippen LogP contribution in [-0.2, 0) is 11.2 Å². The first-order valence-electron chi connectivity index (χ1n) is 6.98. The first kappa shape index (κ1) is 14.1. The Bertz CT molecular complexity index is 955. The lowest BCUT2D eigenvalue weighted by molar-refractivity contribution is -0.115. The van der Waals surface area contributed by atoms with Crippen molar-refractivity contribution < 1.29 is 4.79 Å². The lowest BCUT2D eigenvalue weighted by Crippen LogP contribution is -2.14. The van der Waals surface area contributed by atoms with Crippen molar-refractivity contribution in [1.82, 2.24) is 15.2 Å². The number of amides is 1. The molecule has 0 aliphatic heterocycles. The molecule has 7 heteroatoms. The molecule has 4 aromatic rings. The summed E-state index contributed by atoms with van der Waals surface area (Å²) in [5, 5.41) is 17.8. The third-order valence-electron chi connectivity index (χ3n) is 3.41. The van der Waals surface area contributed by atoms with Crippen molar-refractivity contribution in [2.75, 3.05) is 5.32 Å². The van der Waals surface area contributed by atoms with Crippen LogP contribution in [0.15, 0.2) is 46.6 Å². The first-order valence-corrected chi connectivity index (χ1v) is 8.81. The molecule has 0 saturated heterocycles. The van der Waals surface area contributed by atoms with E-state index in [4.69, 9.17) is 0 Å². The van der Waals surface area contributed by atoms with Crippen LogP contribution in [0.2, 0.25) is 0 Å². The Morgan fingerprint density at radius 3 is 3.09 bits per heavy atom. The van der Waals surface area contributed by atoms with Crippen molar-refractivity contribution in [3.05, 3.63) is 52.3 Å². The summed E-state index contributed by atoms with van der Waals surface area (Å²) in [6, 6.07) is 7.73. The van der Waals surface area contributed by atoms with Gasteiger partial charge in [-0.25, -0.2) is 4.98 Å². The monoisotopic (exact) mass is 340 g/mol. The van der Waals surface area contributed by atoms with Crippen LogP contribution in [0.5, 0.6) is 0 Å². The molecule has 2 N–H and O–H groups in total. The van der Waals surface area contributed by atoms with Crippen LogP contribution in [-0.4, -0.2) is 21.1 Å². The predicted molar refractivity (Wildman–Crippen MR) is 93.9 cm³/mol.